The zero-order valence-electron chi connectivity index (χ0n) is 20.2. The maximum atomic E-state index is 11.5. The number of nitrogens with zero attached hydrogens (tertiary/aromatic N) is 4. The van der Waals surface area contributed by atoms with Gasteiger partial charge in [-0.05, 0) is 55.2 Å². The Kier molecular flexibility index (Phi) is 5.49. The van der Waals surface area contributed by atoms with Gasteiger partial charge in [0.1, 0.15) is 11.5 Å². The first-order chi connectivity index (χ1) is 17.1. The number of amides is 1. The van der Waals surface area contributed by atoms with E-state index in [1.807, 2.05) is 17.1 Å². The molecule has 6 rings (SSSR count). The minimum Gasteiger partial charge on any atom is -0.329 e. The van der Waals surface area contributed by atoms with E-state index in [2.05, 4.69) is 87.2 Å². The van der Waals surface area contributed by atoms with Crippen molar-refractivity contribution in [2.24, 2.45) is 0 Å². The van der Waals surface area contributed by atoms with Crippen LogP contribution in [0.25, 0.3) is 5.57 Å². The molecule has 4 aliphatic rings. The van der Waals surface area contributed by atoms with E-state index in [0.717, 1.165) is 48.7 Å². The van der Waals surface area contributed by atoms with Crippen molar-refractivity contribution in [1.29, 1.82) is 0 Å². The summed E-state index contributed by atoms with van der Waals surface area (Å²) in [4.78, 5) is 13.8. The average molecular weight is 467 g/mol. The van der Waals surface area contributed by atoms with E-state index in [4.69, 9.17) is 0 Å². The van der Waals surface area contributed by atoms with Crippen LogP contribution in [0.1, 0.15) is 50.8 Å². The van der Waals surface area contributed by atoms with Gasteiger partial charge < -0.3 is 15.2 Å². The van der Waals surface area contributed by atoms with Crippen molar-refractivity contribution >= 4 is 36.4 Å². The molecule has 1 radical (unpaired) electrons. The third-order valence-electron chi connectivity index (χ3n) is 6.85. The number of allylic oxidation sites excluding steroid dienone is 2. The Morgan fingerprint density at radius 1 is 1.11 bits per heavy atom. The molecule has 5 heterocycles. The maximum Gasteiger partial charge on any atom is 0.553 e. The topological polar surface area (TPSA) is 67.6 Å². The van der Waals surface area contributed by atoms with Gasteiger partial charge >= 0.3 is 7.55 Å². The minimum atomic E-state index is -0.0671. The lowest BCUT2D eigenvalue weighted by Crippen LogP contribution is -2.44. The summed E-state index contributed by atoms with van der Waals surface area (Å²) in [5.74, 6) is 2.20. The number of nitrogens with one attached hydrogen (secondary N) is 3. The van der Waals surface area contributed by atoms with E-state index in [1.165, 1.54) is 42.6 Å². The van der Waals surface area contributed by atoms with Crippen LogP contribution >= 0.6 is 0 Å². The Hall–Kier alpha value is -3.72. The lowest BCUT2D eigenvalue weighted by Gasteiger charge is -2.27. The summed E-state index contributed by atoms with van der Waals surface area (Å²) in [5.41, 5.74) is 13.1. The molecule has 2 aromatic rings. The highest BCUT2D eigenvalue weighted by Crippen LogP contribution is 2.38. The fourth-order valence-corrected chi connectivity index (χ4v) is 5.26. The number of hydrazine groups is 2. The van der Waals surface area contributed by atoms with Gasteiger partial charge in [-0.3, -0.25) is 14.2 Å². The van der Waals surface area contributed by atoms with Crippen molar-refractivity contribution in [2.75, 3.05) is 23.4 Å². The number of hydrogen-bond acceptors (Lipinski definition) is 4. The third kappa shape index (κ3) is 3.85. The first-order valence-corrected chi connectivity index (χ1v) is 12.4. The van der Waals surface area contributed by atoms with Crippen LogP contribution in [0.4, 0.5) is 11.5 Å². The number of fused-ring (bicyclic) bond motifs is 2. The molecule has 0 unspecified atom stereocenters. The third-order valence-corrected chi connectivity index (χ3v) is 6.85. The molecule has 0 saturated carbocycles. The molecule has 3 N–H and O–H groups in total. The fourth-order valence-electron chi connectivity index (χ4n) is 5.26. The number of benzene rings is 1. The molecule has 8 nitrogen and oxygen atoms in total. The summed E-state index contributed by atoms with van der Waals surface area (Å²) < 4.78 is 4.73. The van der Waals surface area contributed by atoms with Crippen LogP contribution in [0.15, 0.2) is 66.1 Å². The molecule has 4 aliphatic heterocycles. The fraction of sp³-hybridized carbons (Fsp3) is 0.308. The van der Waals surface area contributed by atoms with E-state index in [0.29, 0.717) is 0 Å². The van der Waals surface area contributed by atoms with E-state index < -0.39 is 0 Å². The van der Waals surface area contributed by atoms with E-state index in [1.54, 1.807) is 0 Å². The molecule has 0 spiro atoms. The van der Waals surface area contributed by atoms with Gasteiger partial charge in [-0.1, -0.05) is 25.5 Å². The Balaban J connectivity index is 1.45. The zero-order valence-corrected chi connectivity index (χ0v) is 20.2. The molecule has 0 aliphatic carbocycles. The van der Waals surface area contributed by atoms with Gasteiger partial charge in [0.15, 0.2) is 0 Å². The highest BCUT2D eigenvalue weighted by molar-refractivity contribution is 6.41. The van der Waals surface area contributed by atoms with Crippen LogP contribution in [-0.2, 0) is 4.79 Å². The van der Waals surface area contributed by atoms with Gasteiger partial charge in [-0.15, -0.1) is 5.53 Å². The number of hydrogen-bond donors (Lipinski definition) is 3. The van der Waals surface area contributed by atoms with E-state index >= 15 is 0 Å². The van der Waals surface area contributed by atoms with Crippen molar-refractivity contribution in [2.45, 2.75) is 39.5 Å². The molecule has 1 fully saturated rings. The predicted octanol–water partition coefficient (Wildman–Crippen LogP) is 3.15. The summed E-state index contributed by atoms with van der Waals surface area (Å²) in [7, 11) is 2.20. The Labute approximate surface area is 206 Å². The summed E-state index contributed by atoms with van der Waals surface area (Å²) in [6, 6.07) is 12.4. The molecular formula is C26H30BN7O+. The van der Waals surface area contributed by atoms with E-state index in [9.17, 15) is 4.79 Å². The normalized spacial score (nSPS) is 18.5. The number of rotatable bonds is 5. The molecule has 9 heteroatoms. The lowest BCUT2D eigenvalue weighted by molar-refractivity contribution is -0.508. The van der Waals surface area contributed by atoms with Crippen molar-refractivity contribution in [3.63, 3.8) is 0 Å². The first-order valence-electron chi connectivity index (χ1n) is 12.4. The smallest absolute Gasteiger partial charge is 0.329 e. The molecule has 0 bridgehead atoms. The Morgan fingerprint density at radius 2 is 1.91 bits per heavy atom. The van der Waals surface area contributed by atoms with Crippen LogP contribution in [0, 0.1) is 0 Å². The molecule has 0 atom stereocenters. The Morgan fingerprint density at radius 3 is 2.66 bits per heavy atom. The summed E-state index contributed by atoms with van der Waals surface area (Å²) in [6.45, 7) is 5.89. The van der Waals surface area contributed by atoms with Gasteiger partial charge in [0, 0.05) is 41.9 Å². The van der Waals surface area contributed by atoms with Gasteiger partial charge in [-0.2, -0.15) is 0 Å². The molecule has 1 saturated heterocycles. The van der Waals surface area contributed by atoms with Crippen molar-refractivity contribution < 1.29 is 9.37 Å². The minimum absolute atomic E-state index is 0.0671. The molecular weight excluding hydrogens is 437 g/mol. The summed E-state index contributed by atoms with van der Waals surface area (Å²) in [5, 5.41) is 4.92. The lowest BCUT2D eigenvalue weighted by atomic mass is 9.91. The van der Waals surface area contributed by atoms with Crippen LogP contribution in [0.3, 0.4) is 0 Å². The van der Waals surface area contributed by atoms with Crippen LogP contribution in [-0.4, -0.2) is 46.2 Å². The van der Waals surface area contributed by atoms with Crippen LogP contribution in [0.2, 0.25) is 0 Å². The van der Waals surface area contributed by atoms with E-state index in [-0.39, 0.29) is 5.91 Å². The van der Waals surface area contributed by atoms with Crippen molar-refractivity contribution in [1.82, 2.24) is 20.2 Å². The van der Waals surface area contributed by atoms with Crippen molar-refractivity contribution in [3.8, 4) is 0 Å². The number of carbonyl (C=O) groups excluding carboxylic acids is 1. The predicted molar refractivity (Wildman–Crippen MR) is 139 cm³/mol. The number of anilines is 2. The molecule has 1 amide bonds. The van der Waals surface area contributed by atoms with Crippen LogP contribution in [0.5, 0.6) is 0 Å². The maximum absolute atomic E-state index is 11.5. The van der Waals surface area contributed by atoms with Gasteiger partial charge in [0.2, 0.25) is 5.91 Å². The Bertz CT molecular complexity index is 1290. The standard InChI is InChI=1S/C26H29BN7O/c1-3-6-21-17-32(30-29-21)25-14-12-23-26(19-7-9-20(10-8-19)28-18(2)35)22-11-13-24(31-15-4-5-16-31)33(22)27-34(23)25/h7-14,17,29-30H,3-6,15-16H2,1-2H3/p+1. The monoisotopic (exact) mass is 467 g/mol. The number of aromatic nitrogens is 1. The second-order valence-corrected chi connectivity index (χ2v) is 9.35. The van der Waals surface area contributed by atoms with Gasteiger partial charge in [-0.25, -0.2) is 5.01 Å². The molecule has 35 heavy (non-hydrogen) atoms. The van der Waals surface area contributed by atoms with Crippen LogP contribution < -0.4 is 21.3 Å². The largest absolute Gasteiger partial charge is 0.553 e. The second-order valence-electron chi connectivity index (χ2n) is 9.35. The molecule has 1 aromatic heterocycles. The zero-order chi connectivity index (χ0) is 23.9. The summed E-state index contributed by atoms with van der Waals surface area (Å²) in [6.07, 6.45) is 11.2. The second kappa shape index (κ2) is 8.81. The van der Waals surface area contributed by atoms with Gasteiger partial charge in [0.05, 0.1) is 13.1 Å². The highest BCUT2D eigenvalue weighted by atomic mass is 16.1. The molecule has 177 valence electrons. The first kappa shape index (κ1) is 21.8. The summed E-state index contributed by atoms with van der Waals surface area (Å²) >= 11 is 0. The highest BCUT2D eigenvalue weighted by Gasteiger charge is 2.41. The quantitative estimate of drug-likeness (QED) is 0.466. The number of amidine groups is 1. The SMILES string of the molecule is CCCC1=CN(c2ccc3n2[B]N2C(=C3c3ccc(NC(C)=O)cc3)C=CC2=[N+]2CCCC2)NN1. The number of carbonyl (C=O) groups is 1. The van der Waals surface area contributed by atoms with Crippen molar-refractivity contribution in [3.05, 3.63) is 77.4 Å². The van der Waals surface area contributed by atoms with Gasteiger partial charge in [0.25, 0.3) is 5.84 Å². The average Bonchev–Trinajstić information content (AvgIpc) is 3.64. The molecule has 1 aromatic carbocycles.